The second kappa shape index (κ2) is 8.57. The summed E-state index contributed by atoms with van der Waals surface area (Å²) < 4.78 is 16.2. The van der Waals surface area contributed by atoms with Crippen molar-refractivity contribution in [3.8, 4) is 34.3 Å². The first-order chi connectivity index (χ1) is 14.6. The Bertz CT molecular complexity index is 1050. The van der Waals surface area contributed by atoms with E-state index in [1.807, 2.05) is 35.2 Å². The Labute approximate surface area is 175 Å². The zero-order valence-corrected chi connectivity index (χ0v) is 17.4. The van der Waals surface area contributed by atoms with Crippen molar-refractivity contribution in [2.75, 3.05) is 20.8 Å². The highest BCUT2D eigenvalue weighted by Crippen LogP contribution is 2.33. The van der Waals surface area contributed by atoms with Crippen molar-refractivity contribution in [2.45, 2.75) is 32.2 Å². The van der Waals surface area contributed by atoms with Gasteiger partial charge in [-0.15, -0.1) is 0 Å². The Morgan fingerprint density at radius 2 is 1.90 bits per heavy atom. The number of ether oxygens (including phenoxy) is 2. The number of hydrogen-bond donors (Lipinski definition) is 0. The van der Waals surface area contributed by atoms with Gasteiger partial charge in [0, 0.05) is 18.2 Å². The van der Waals surface area contributed by atoms with E-state index in [-0.39, 0.29) is 11.9 Å². The lowest BCUT2D eigenvalue weighted by Gasteiger charge is -2.33. The quantitative estimate of drug-likeness (QED) is 0.622. The SMILES string of the molecule is COc1ccc(-c2noc(-c3ccccc3C(=O)N3CCCC[C@H]3C)n2)cc1OC. The fourth-order valence-corrected chi connectivity index (χ4v) is 3.84. The van der Waals surface area contributed by atoms with Crippen molar-refractivity contribution in [1.29, 1.82) is 0 Å². The van der Waals surface area contributed by atoms with Crippen molar-refractivity contribution in [2.24, 2.45) is 0 Å². The molecular formula is C23H25N3O4. The Morgan fingerprint density at radius 1 is 1.10 bits per heavy atom. The Balaban J connectivity index is 1.67. The molecule has 1 aromatic heterocycles. The average Bonchev–Trinajstić information content (AvgIpc) is 3.28. The predicted molar refractivity (Wildman–Crippen MR) is 113 cm³/mol. The standard InChI is InChI=1S/C23H25N3O4/c1-15-8-6-7-13-26(15)23(27)18-10-5-4-9-17(18)22-24-21(25-30-22)16-11-12-19(28-2)20(14-16)29-3/h4-5,9-12,14-15H,6-8,13H2,1-3H3/t15-/m1/s1. The zero-order valence-electron chi connectivity index (χ0n) is 17.4. The van der Waals surface area contributed by atoms with Crippen LogP contribution in [0.2, 0.25) is 0 Å². The Morgan fingerprint density at radius 3 is 2.67 bits per heavy atom. The Kier molecular flexibility index (Phi) is 5.70. The monoisotopic (exact) mass is 407 g/mol. The van der Waals surface area contributed by atoms with E-state index in [9.17, 15) is 4.79 Å². The predicted octanol–water partition coefficient (Wildman–Crippen LogP) is 4.44. The van der Waals surface area contributed by atoms with Crippen LogP contribution in [0.25, 0.3) is 22.8 Å². The van der Waals surface area contributed by atoms with E-state index < -0.39 is 0 Å². The summed E-state index contributed by atoms with van der Waals surface area (Å²) in [5.41, 5.74) is 1.95. The highest BCUT2D eigenvalue weighted by atomic mass is 16.5. The van der Waals surface area contributed by atoms with E-state index in [1.165, 1.54) is 0 Å². The number of methoxy groups -OCH3 is 2. The van der Waals surface area contributed by atoms with Gasteiger partial charge in [0.2, 0.25) is 5.82 Å². The van der Waals surface area contributed by atoms with E-state index >= 15 is 0 Å². The summed E-state index contributed by atoms with van der Waals surface area (Å²) in [4.78, 5) is 19.7. The molecule has 0 N–H and O–H groups in total. The molecule has 156 valence electrons. The largest absolute Gasteiger partial charge is 0.493 e. The maximum atomic E-state index is 13.2. The second-order valence-corrected chi connectivity index (χ2v) is 7.38. The van der Waals surface area contributed by atoms with Crippen LogP contribution in [0.3, 0.4) is 0 Å². The summed E-state index contributed by atoms with van der Waals surface area (Å²) in [6.07, 6.45) is 3.21. The van der Waals surface area contributed by atoms with Crippen LogP contribution in [0.15, 0.2) is 47.0 Å². The van der Waals surface area contributed by atoms with Gasteiger partial charge in [-0.1, -0.05) is 17.3 Å². The molecule has 0 spiro atoms. The van der Waals surface area contributed by atoms with Gasteiger partial charge in [0.25, 0.3) is 11.8 Å². The molecule has 1 amide bonds. The van der Waals surface area contributed by atoms with Crippen LogP contribution in [0, 0.1) is 0 Å². The number of hydrogen-bond acceptors (Lipinski definition) is 6. The lowest BCUT2D eigenvalue weighted by atomic mass is 10.00. The van der Waals surface area contributed by atoms with Gasteiger partial charge in [-0.05, 0) is 56.5 Å². The zero-order chi connectivity index (χ0) is 21.1. The molecule has 2 heterocycles. The van der Waals surface area contributed by atoms with Crippen molar-refractivity contribution in [1.82, 2.24) is 15.0 Å². The number of rotatable bonds is 5. The number of aromatic nitrogens is 2. The van der Waals surface area contributed by atoms with Crippen molar-refractivity contribution in [3.05, 3.63) is 48.0 Å². The summed E-state index contributed by atoms with van der Waals surface area (Å²) in [6, 6.07) is 13.0. The maximum absolute atomic E-state index is 13.2. The molecule has 7 nitrogen and oxygen atoms in total. The maximum Gasteiger partial charge on any atom is 0.259 e. The molecule has 1 fully saturated rings. The third kappa shape index (κ3) is 3.75. The molecule has 1 aliphatic heterocycles. The van der Waals surface area contributed by atoms with Gasteiger partial charge >= 0.3 is 0 Å². The van der Waals surface area contributed by atoms with Gasteiger partial charge in [-0.3, -0.25) is 4.79 Å². The van der Waals surface area contributed by atoms with Gasteiger partial charge in [-0.2, -0.15) is 4.98 Å². The third-order valence-electron chi connectivity index (χ3n) is 5.52. The fourth-order valence-electron chi connectivity index (χ4n) is 3.84. The first kappa shape index (κ1) is 19.9. The minimum atomic E-state index is 0.00340. The number of carbonyl (C=O) groups is 1. The minimum Gasteiger partial charge on any atom is -0.493 e. The smallest absolute Gasteiger partial charge is 0.259 e. The van der Waals surface area contributed by atoms with Gasteiger partial charge in [0.05, 0.1) is 25.3 Å². The van der Waals surface area contributed by atoms with Gasteiger partial charge in [-0.25, -0.2) is 0 Å². The van der Waals surface area contributed by atoms with Gasteiger partial charge in [0.1, 0.15) is 0 Å². The number of amides is 1. The molecule has 0 radical (unpaired) electrons. The van der Waals surface area contributed by atoms with Crippen LogP contribution < -0.4 is 9.47 Å². The first-order valence-electron chi connectivity index (χ1n) is 10.1. The molecule has 1 saturated heterocycles. The molecule has 3 aromatic rings. The molecule has 0 saturated carbocycles. The normalized spacial score (nSPS) is 16.4. The van der Waals surface area contributed by atoms with E-state index in [1.54, 1.807) is 26.4 Å². The first-order valence-corrected chi connectivity index (χ1v) is 10.1. The molecule has 4 rings (SSSR count). The lowest BCUT2D eigenvalue weighted by Crippen LogP contribution is -2.42. The highest BCUT2D eigenvalue weighted by molar-refractivity contribution is 6.00. The number of nitrogens with zero attached hydrogens (tertiary/aromatic N) is 3. The number of carbonyl (C=O) groups excluding carboxylic acids is 1. The van der Waals surface area contributed by atoms with E-state index in [2.05, 4.69) is 17.1 Å². The summed E-state index contributed by atoms with van der Waals surface area (Å²) in [5, 5.41) is 4.11. The van der Waals surface area contributed by atoms with Crippen LogP contribution in [-0.4, -0.2) is 47.8 Å². The molecule has 1 aliphatic rings. The van der Waals surface area contributed by atoms with E-state index in [0.29, 0.717) is 34.3 Å². The van der Waals surface area contributed by atoms with Crippen LogP contribution >= 0.6 is 0 Å². The summed E-state index contributed by atoms with van der Waals surface area (Å²) in [6.45, 7) is 2.87. The molecule has 0 aliphatic carbocycles. The van der Waals surface area contributed by atoms with Crippen molar-refractivity contribution >= 4 is 5.91 Å². The molecule has 30 heavy (non-hydrogen) atoms. The van der Waals surface area contributed by atoms with E-state index in [0.717, 1.165) is 31.4 Å². The molecule has 2 aromatic carbocycles. The fraction of sp³-hybridized carbons (Fsp3) is 0.348. The topological polar surface area (TPSA) is 77.7 Å². The number of likely N-dealkylation sites (tertiary alicyclic amines) is 1. The van der Waals surface area contributed by atoms with Crippen LogP contribution in [-0.2, 0) is 0 Å². The summed E-state index contributed by atoms with van der Waals surface area (Å²) in [5.74, 6) is 1.93. The highest BCUT2D eigenvalue weighted by Gasteiger charge is 2.27. The van der Waals surface area contributed by atoms with Gasteiger partial charge < -0.3 is 18.9 Å². The summed E-state index contributed by atoms with van der Waals surface area (Å²) in [7, 11) is 3.16. The van der Waals surface area contributed by atoms with Crippen LogP contribution in [0.1, 0.15) is 36.5 Å². The van der Waals surface area contributed by atoms with Crippen molar-refractivity contribution in [3.63, 3.8) is 0 Å². The summed E-state index contributed by atoms with van der Waals surface area (Å²) >= 11 is 0. The molecule has 0 unspecified atom stereocenters. The number of benzene rings is 2. The Hall–Kier alpha value is -3.35. The van der Waals surface area contributed by atoms with Crippen molar-refractivity contribution < 1.29 is 18.8 Å². The molecule has 7 heteroatoms. The molecular weight excluding hydrogens is 382 g/mol. The minimum absolute atomic E-state index is 0.00340. The second-order valence-electron chi connectivity index (χ2n) is 7.38. The van der Waals surface area contributed by atoms with Crippen LogP contribution in [0.5, 0.6) is 11.5 Å². The average molecular weight is 407 g/mol. The van der Waals surface area contributed by atoms with Crippen LogP contribution in [0.4, 0.5) is 0 Å². The molecule has 1 atom stereocenters. The van der Waals surface area contributed by atoms with Gasteiger partial charge in [0.15, 0.2) is 11.5 Å². The van der Waals surface area contributed by atoms with E-state index in [4.69, 9.17) is 14.0 Å². The third-order valence-corrected chi connectivity index (χ3v) is 5.52. The number of piperidine rings is 1. The molecule has 0 bridgehead atoms. The lowest BCUT2D eigenvalue weighted by molar-refractivity contribution is 0.0636.